The Labute approximate surface area is 122 Å². The second kappa shape index (κ2) is 6.01. The first-order valence-corrected chi connectivity index (χ1v) is 6.98. The van der Waals surface area contributed by atoms with Gasteiger partial charge in [-0.3, -0.25) is 4.79 Å². The zero-order valence-corrected chi connectivity index (χ0v) is 11.5. The average Bonchev–Trinajstić information content (AvgIpc) is 2.98. The van der Waals surface area contributed by atoms with Crippen molar-refractivity contribution in [1.29, 1.82) is 0 Å². The van der Waals surface area contributed by atoms with Gasteiger partial charge < -0.3 is 14.6 Å². The summed E-state index contributed by atoms with van der Waals surface area (Å²) < 4.78 is 1.90. The molecule has 1 saturated heterocycles. The highest BCUT2D eigenvalue weighted by molar-refractivity contribution is 5.92. The molecule has 0 bridgehead atoms. The molecule has 1 fully saturated rings. The maximum Gasteiger partial charge on any atom is 0.274 e. The quantitative estimate of drug-likeness (QED) is 0.870. The van der Waals surface area contributed by atoms with E-state index in [1.165, 1.54) is 6.20 Å². The number of carbonyl (C=O) groups excluding carboxylic acids is 1. The molecule has 0 saturated carbocycles. The third-order valence-corrected chi connectivity index (χ3v) is 3.82. The number of hydrogen-bond acceptors (Lipinski definition) is 5. The van der Waals surface area contributed by atoms with Crippen molar-refractivity contribution in [2.45, 2.75) is 25.0 Å². The van der Waals surface area contributed by atoms with Gasteiger partial charge in [0.15, 0.2) is 5.69 Å². The SMILES string of the molecule is O=C(c1cccnn1)N1CC[C@H](O)[C@@H](n2ccnc2)CC1. The van der Waals surface area contributed by atoms with Crippen molar-refractivity contribution < 1.29 is 9.90 Å². The van der Waals surface area contributed by atoms with Gasteiger partial charge in [-0.25, -0.2) is 4.98 Å². The maximum absolute atomic E-state index is 12.4. The third-order valence-electron chi connectivity index (χ3n) is 3.82. The third kappa shape index (κ3) is 2.92. The van der Waals surface area contributed by atoms with Crippen molar-refractivity contribution in [3.8, 4) is 0 Å². The number of amides is 1. The van der Waals surface area contributed by atoms with Crippen LogP contribution in [0.5, 0.6) is 0 Å². The lowest BCUT2D eigenvalue weighted by Gasteiger charge is -2.21. The van der Waals surface area contributed by atoms with Crippen LogP contribution in [0.2, 0.25) is 0 Å². The molecule has 110 valence electrons. The van der Waals surface area contributed by atoms with Crippen molar-refractivity contribution in [3.05, 3.63) is 42.7 Å². The van der Waals surface area contributed by atoms with E-state index >= 15 is 0 Å². The van der Waals surface area contributed by atoms with Crippen LogP contribution in [0.3, 0.4) is 0 Å². The number of aliphatic hydroxyl groups is 1. The Morgan fingerprint density at radius 3 is 2.86 bits per heavy atom. The van der Waals surface area contributed by atoms with Gasteiger partial charge >= 0.3 is 0 Å². The van der Waals surface area contributed by atoms with Crippen LogP contribution in [0.1, 0.15) is 29.4 Å². The molecule has 1 amide bonds. The highest BCUT2D eigenvalue weighted by Crippen LogP contribution is 2.23. The van der Waals surface area contributed by atoms with Gasteiger partial charge in [0.25, 0.3) is 5.91 Å². The number of aromatic nitrogens is 4. The van der Waals surface area contributed by atoms with Gasteiger partial charge in [0.05, 0.1) is 18.5 Å². The van der Waals surface area contributed by atoms with Crippen LogP contribution in [0, 0.1) is 0 Å². The molecule has 0 aliphatic carbocycles. The molecule has 2 aromatic heterocycles. The van der Waals surface area contributed by atoms with Crippen LogP contribution in [0.4, 0.5) is 0 Å². The van der Waals surface area contributed by atoms with E-state index in [9.17, 15) is 9.90 Å². The van der Waals surface area contributed by atoms with Gasteiger partial charge in [-0.1, -0.05) is 0 Å². The molecule has 3 rings (SSSR count). The Hall–Kier alpha value is -2.28. The van der Waals surface area contributed by atoms with E-state index in [4.69, 9.17) is 0 Å². The van der Waals surface area contributed by atoms with Crippen molar-refractivity contribution in [3.63, 3.8) is 0 Å². The Morgan fingerprint density at radius 1 is 1.29 bits per heavy atom. The fourth-order valence-corrected chi connectivity index (χ4v) is 2.67. The topological polar surface area (TPSA) is 84.1 Å². The zero-order chi connectivity index (χ0) is 14.7. The smallest absolute Gasteiger partial charge is 0.274 e. The highest BCUT2D eigenvalue weighted by atomic mass is 16.3. The molecule has 0 aromatic carbocycles. The highest BCUT2D eigenvalue weighted by Gasteiger charge is 2.28. The second-order valence-electron chi connectivity index (χ2n) is 5.12. The molecule has 2 atom stereocenters. The van der Waals surface area contributed by atoms with E-state index in [0.29, 0.717) is 31.6 Å². The molecule has 3 heterocycles. The normalized spacial score (nSPS) is 22.8. The lowest BCUT2D eigenvalue weighted by molar-refractivity contribution is 0.0744. The first-order valence-electron chi connectivity index (χ1n) is 6.98. The van der Waals surface area contributed by atoms with Crippen molar-refractivity contribution in [1.82, 2.24) is 24.6 Å². The molecule has 0 radical (unpaired) electrons. The largest absolute Gasteiger partial charge is 0.391 e. The molecule has 21 heavy (non-hydrogen) atoms. The van der Waals surface area contributed by atoms with E-state index in [0.717, 1.165) is 0 Å². The summed E-state index contributed by atoms with van der Waals surface area (Å²) in [5, 5.41) is 17.9. The lowest BCUT2D eigenvalue weighted by atomic mass is 10.1. The monoisotopic (exact) mass is 287 g/mol. The summed E-state index contributed by atoms with van der Waals surface area (Å²) in [5.74, 6) is -0.137. The summed E-state index contributed by atoms with van der Waals surface area (Å²) in [5.41, 5.74) is 0.341. The van der Waals surface area contributed by atoms with Crippen LogP contribution in [-0.4, -0.2) is 54.9 Å². The predicted octanol–water partition coefficient (Wildman–Crippen LogP) is 0.511. The minimum absolute atomic E-state index is 0.0489. The maximum atomic E-state index is 12.4. The molecule has 1 aliphatic rings. The second-order valence-corrected chi connectivity index (χ2v) is 5.12. The summed E-state index contributed by atoms with van der Waals surface area (Å²) in [4.78, 5) is 18.1. The number of likely N-dealkylation sites (tertiary alicyclic amines) is 1. The summed E-state index contributed by atoms with van der Waals surface area (Å²) >= 11 is 0. The predicted molar refractivity (Wildman–Crippen MR) is 74.4 cm³/mol. The Kier molecular flexibility index (Phi) is 3.92. The number of nitrogens with zero attached hydrogens (tertiary/aromatic N) is 5. The van der Waals surface area contributed by atoms with Crippen molar-refractivity contribution in [2.24, 2.45) is 0 Å². The molecular formula is C14H17N5O2. The van der Waals surface area contributed by atoms with E-state index in [-0.39, 0.29) is 11.9 Å². The van der Waals surface area contributed by atoms with E-state index < -0.39 is 6.10 Å². The number of imidazole rings is 1. The lowest BCUT2D eigenvalue weighted by Crippen LogP contribution is -2.32. The molecule has 2 aromatic rings. The number of rotatable bonds is 2. The number of hydrogen-bond donors (Lipinski definition) is 1. The summed E-state index contributed by atoms with van der Waals surface area (Å²) in [6.07, 6.45) is 7.51. The van der Waals surface area contributed by atoms with Gasteiger partial charge in [-0.2, -0.15) is 5.10 Å². The molecule has 1 N–H and O–H groups in total. The number of aliphatic hydroxyl groups excluding tert-OH is 1. The van der Waals surface area contributed by atoms with Crippen LogP contribution < -0.4 is 0 Å². The van der Waals surface area contributed by atoms with Gasteiger partial charge in [0.1, 0.15) is 0 Å². The average molecular weight is 287 g/mol. The van der Waals surface area contributed by atoms with Gasteiger partial charge in [-0.15, -0.1) is 5.10 Å². The number of carbonyl (C=O) groups is 1. The van der Waals surface area contributed by atoms with Crippen molar-refractivity contribution in [2.75, 3.05) is 13.1 Å². The van der Waals surface area contributed by atoms with Crippen molar-refractivity contribution >= 4 is 5.91 Å². The summed E-state index contributed by atoms with van der Waals surface area (Å²) in [7, 11) is 0. The van der Waals surface area contributed by atoms with Gasteiger partial charge in [0.2, 0.25) is 0 Å². The van der Waals surface area contributed by atoms with Gasteiger partial charge in [0, 0.05) is 31.7 Å². The van der Waals surface area contributed by atoms with Gasteiger partial charge in [-0.05, 0) is 25.0 Å². The van der Waals surface area contributed by atoms with Crippen LogP contribution in [0.25, 0.3) is 0 Å². The summed E-state index contributed by atoms with van der Waals surface area (Å²) in [6, 6.07) is 3.30. The standard InChI is InChI=1S/C14H17N5O2/c20-13-4-8-18(14(21)11-2-1-5-16-17-11)7-3-12(13)19-9-6-15-10-19/h1-2,5-6,9-10,12-13,20H,3-4,7-8H2/t12-,13-/m0/s1. The molecule has 1 aliphatic heterocycles. The fourth-order valence-electron chi connectivity index (χ4n) is 2.67. The Bertz CT molecular complexity index is 587. The minimum Gasteiger partial charge on any atom is -0.391 e. The summed E-state index contributed by atoms with van der Waals surface area (Å²) in [6.45, 7) is 1.09. The molecule has 7 heteroatoms. The van der Waals surface area contributed by atoms with Crippen LogP contribution >= 0.6 is 0 Å². The zero-order valence-electron chi connectivity index (χ0n) is 11.5. The minimum atomic E-state index is -0.487. The van der Waals surface area contributed by atoms with E-state index in [1.54, 1.807) is 29.6 Å². The molecule has 7 nitrogen and oxygen atoms in total. The first-order chi connectivity index (χ1) is 10.3. The molecule has 0 unspecified atom stereocenters. The van der Waals surface area contributed by atoms with Crippen LogP contribution in [-0.2, 0) is 0 Å². The van der Waals surface area contributed by atoms with E-state index in [2.05, 4.69) is 15.2 Å². The molecule has 0 spiro atoms. The van der Waals surface area contributed by atoms with Crippen LogP contribution in [0.15, 0.2) is 37.1 Å². The molecular weight excluding hydrogens is 270 g/mol. The Morgan fingerprint density at radius 2 is 2.14 bits per heavy atom. The van der Waals surface area contributed by atoms with E-state index in [1.807, 2.05) is 10.8 Å². The Balaban J connectivity index is 1.72. The first kappa shape index (κ1) is 13.7. The fraction of sp³-hybridized carbons (Fsp3) is 0.429.